The Morgan fingerprint density at radius 3 is 2.40 bits per heavy atom. The number of nitrogens with zero attached hydrogens (tertiary/aromatic N) is 5. The van der Waals surface area contributed by atoms with Gasteiger partial charge in [0.1, 0.15) is 0 Å². The summed E-state index contributed by atoms with van der Waals surface area (Å²) >= 11 is 0. The number of benzene rings is 3. The van der Waals surface area contributed by atoms with Crippen LogP contribution in [0.15, 0.2) is 84.0 Å². The number of aromatic nitrogens is 3. The molecule has 1 N–H and O–H groups in total. The quantitative estimate of drug-likeness (QED) is 0.260. The number of piperidine rings is 1. The molecule has 0 spiro atoms. The number of hydrogen-bond acceptors (Lipinski definition) is 5. The lowest BCUT2D eigenvalue weighted by Crippen LogP contribution is -2.33. The van der Waals surface area contributed by atoms with Crippen molar-refractivity contribution in [2.24, 2.45) is 4.99 Å². The zero-order valence-electron chi connectivity index (χ0n) is 22.3. The average Bonchev–Trinajstić information content (AvgIpc) is 2.94. The first kappa shape index (κ1) is 26.0. The van der Waals surface area contributed by atoms with Gasteiger partial charge >= 0.3 is 6.18 Å². The van der Waals surface area contributed by atoms with Gasteiger partial charge in [-0.25, -0.2) is 4.98 Å². The van der Waals surface area contributed by atoms with Crippen LogP contribution in [0.25, 0.3) is 28.1 Å². The van der Waals surface area contributed by atoms with Crippen molar-refractivity contribution in [3.63, 3.8) is 0 Å². The highest BCUT2D eigenvalue weighted by Gasteiger charge is 2.30. The summed E-state index contributed by atoms with van der Waals surface area (Å²) in [7, 11) is 2.12. The highest BCUT2D eigenvalue weighted by atomic mass is 19.4. The Kier molecular flexibility index (Phi) is 6.75. The Morgan fingerprint density at radius 1 is 0.925 bits per heavy atom. The first-order valence-electron chi connectivity index (χ1n) is 13.3. The van der Waals surface area contributed by atoms with Crippen LogP contribution in [0.2, 0.25) is 0 Å². The molecule has 1 saturated heterocycles. The van der Waals surface area contributed by atoms with Gasteiger partial charge in [-0.15, -0.1) is 0 Å². The second-order valence-electron chi connectivity index (χ2n) is 10.3. The van der Waals surface area contributed by atoms with E-state index in [4.69, 9.17) is 9.98 Å². The largest absolute Gasteiger partial charge is 0.416 e. The van der Waals surface area contributed by atoms with Gasteiger partial charge in [-0.05, 0) is 101 Å². The third-order valence-corrected chi connectivity index (χ3v) is 7.44. The summed E-state index contributed by atoms with van der Waals surface area (Å²) in [6, 6.07) is 20.9. The molecule has 2 aromatic carbocycles. The van der Waals surface area contributed by atoms with Crippen LogP contribution in [0.3, 0.4) is 0 Å². The maximum atomic E-state index is 13.3. The number of fused-ring (bicyclic) bond motifs is 2. The van der Waals surface area contributed by atoms with E-state index in [-0.39, 0.29) is 6.04 Å². The van der Waals surface area contributed by atoms with Gasteiger partial charge in [-0.1, -0.05) is 12.1 Å². The molecular weight excluding hydrogens is 513 g/mol. The van der Waals surface area contributed by atoms with Crippen LogP contribution in [-0.4, -0.2) is 45.6 Å². The van der Waals surface area contributed by atoms with Crippen LogP contribution in [0, 0.1) is 6.92 Å². The van der Waals surface area contributed by atoms with Crippen molar-refractivity contribution < 1.29 is 13.2 Å². The number of aryl methyl sites for hydroxylation is 1. The van der Waals surface area contributed by atoms with Gasteiger partial charge in [-0.2, -0.15) is 13.2 Å². The molecule has 0 radical (unpaired) electrons. The summed E-state index contributed by atoms with van der Waals surface area (Å²) in [5.41, 5.74) is 5.47. The summed E-state index contributed by atoms with van der Waals surface area (Å²) in [5, 5.41) is 4.30. The molecule has 1 fully saturated rings. The van der Waals surface area contributed by atoms with Crippen LogP contribution < -0.4 is 10.7 Å². The number of rotatable bonds is 4. The van der Waals surface area contributed by atoms with Crippen molar-refractivity contribution in [3.05, 3.63) is 95.6 Å². The predicted octanol–water partition coefficient (Wildman–Crippen LogP) is 6.59. The third-order valence-electron chi connectivity index (χ3n) is 7.44. The van der Waals surface area contributed by atoms with Crippen molar-refractivity contribution >= 4 is 22.4 Å². The number of nitrogens with one attached hydrogen (secondary N) is 1. The molecule has 1 aromatic heterocycles. The van der Waals surface area contributed by atoms with Crippen molar-refractivity contribution in [1.82, 2.24) is 19.4 Å². The molecule has 0 bridgehead atoms. The third kappa shape index (κ3) is 5.16. The zero-order chi connectivity index (χ0) is 27.9. The fourth-order valence-electron chi connectivity index (χ4n) is 5.21. The monoisotopic (exact) mass is 542 g/mol. The van der Waals surface area contributed by atoms with E-state index in [0.29, 0.717) is 11.4 Å². The topological polar surface area (TPSA) is 58.3 Å². The number of anilines is 2. The second kappa shape index (κ2) is 10.4. The smallest absolute Gasteiger partial charge is 0.352 e. The minimum atomic E-state index is -4.41. The predicted molar refractivity (Wildman–Crippen MR) is 151 cm³/mol. The molecule has 9 heteroatoms. The fraction of sp³-hybridized carbons (Fsp3) is 0.258. The molecule has 6 rings (SSSR count). The van der Waals surface area contributed by atoms with Gasteiger partial charge in [0.2, 0.25) is 0 Å². The SMILES string of the molecule is Cc1ncccc1Nc1cc2nc3ccccc3n(-c3ccc(C(F)(F)F)cc3)c-2cc1=NC1CCN(C)CC1. The number of hydrogen-bond donors (Lipinski definition) is 1. The normalized spacial score (nSPS) is 15.7. The first-order valence-corrected chi connectivity index (χ1v) is 13.3. The second-order valence-corrected chi connectivity index (χ2v) is 10.3. The summed E-state index contributed by atoms with van der Waals surface area (Å²) < 4.78 is 42.0. The molecule has 0 amide bonds. The summed E-state index contributed by atoms with van der Waals surface area (Å²) in [6.45, 7) is 3.90. The van der Waals surface area contributed by atoms with Gasteiger partial charge in [0, 0.05) is 11.9 Å². The molecule has 0 unspecified atom stereocenters. The number of alkyl halides is 3. The standard InChI is InChI=1S/C31H29F3N6/c1-20-24(7-5-15-35-20)37-26-18-28-30(19-27(26)36-22-13-16-39(2)17-14-22)40(29-8-4-3-6-25(29)38-28)23-11-9-21(10-12-23)31(32,33)34/h3-12,15,18-19,22,37H,13-14,16-17H2,1-2H3. The maximum Gasteiger partial charge on any atom is 0.416 e. The van der Waals surface area contributed by atoms with Crippen molar-refractivity contribution in [2.75, 3.05) is 25.5 Å². The molecule has 40 heavy (non-hydrogen) atoms. The van der Waals surface area contributed by atoms with Gasteiger partial charge in [0.15, 0.2) is 0 Å². The average molecular weight is 543 g/mol. The van der Waals surface area contributed by atoms with Crippen LogP contribution in [-0.2, 0) is 6.18 Å². The van der Waals surface area contributed by atoms with E-state index in [1.165, 1.54) is 12.1 Å². The lowest BCUT2D eigenvalue weighted by molar-refractivity contribution is -0.137. The van der Waals surface area contributed by atoms with E-state index in [0.717, 1.165) is 77.2 Å². The van der Waals surface area contributed by atoms with E-state index in [1.54, 1.807) is 6.20 Å². The highest BCUT2D eigenvalue weighted by Crippen LogP contribution is 2.33. The molecule has 3 aliphatic rings. The van der Waals surface area contributed by atoms with Crippen LogP contribution in [0.1, 0.15) is 24.1 Å². The summed E-state index contributed by atoms with van der Waals surface area (Å²) in [5.74, 6) is 0. The lowest BCUT2D eigenvalue weighted by atomic mass is 10.1. The molecule has 0 atom stereocenters. The van der Waals surface area contributed by atoms with Crippen molar-refractivity contribution in [3.8, 4) is 17.1 Å². The van der Waals surface area contributed by atoms with E-state index < -0.39 is 11.7 Å². The molecule has 0 saturated carbocycles. The molecule has 6 nitrogen and oxygen atoms in total. The van der Waals surface area contributed by atoms with E-state index in [9.17, 15) is 13.2 Å². The molecule has 3 aromatic rings. The van der Waals surface area contributed by atoms with Crippen LogP contribution in [0.5, 0.6) is 0 Å². The van der Waals surface area contributed by atoms with Crippen LogP contribution >= 0.6 is 0 Å². The fourth-order valence-corrected chi connectivity index (χ4v) is 5.21. The van der Waals surface area contributed by atoms with Gasteiger partial charge in [0.05, 0.1) is 56.5 Å². The summed E-state index contributed by atoms with van der Waals surface area (Å²) in [6.07, 6.45) is -0.744. The number of para-hydroxylation sites is 2. The van der Waals surface area contributed by atoms with Gasteiger partial charge in [-0.3, -0.25) is 9.98 Å². The Hall–Kier alpha value is -4.24. The van der Waals surface area contributed by atoms with Gasteiger partial charge in [0.25, 0.3) is 0 Å². The Labute approximate surface area is 230 Å². The lowest BCUT2D eigenvalue weighted by Gasteiger charge is -2.27. The Balaban J connectivity index is 1.59. The molecule has 1 aliphatic carbocycles. The summed E-state index contributed by atoms with van der Waals surface area (Å²) in [4.78, 5) is 16.8. The highest BCUT2D eigenvalue weighted by molar-refractivity contribution is 5.84. The van der Waals surface area contributed by atoms with E-state index >= 15 is 0 Å². The Bertz CT molecular complexity index is 1700. The van der Waals surface area contributed by atoms with Gasteiger partial charge < -0.3 is 14.8 Å². The van der Waals surface area contributed by atoms with E-state index in [2.05, 4.69) is 22.2 Å². The Morgan fingerprint density at radius 2 is 1.68 bits per heavy atom. The number of pyridine rings is 1. The zero-order valence-corrected chi connectivity index (χ0v) is 22.3. The van der Waals surface area contributed by atoms with Crippen molar-refractivity contribution in [2.45, 2.75) is 32.0 Å². The van der Waals surface area contributed by atoms with Crippen molar-refractivity contribution in [1.29, 1.82) is 0 Å². The minimum absolute atomic E-state index is 0.164. The molecule has 3 heterocycles. The van der Waals surface area contributed by atoms with Crippen LogP contribution in [0.4, 0.5) is 24.5 Å². The molecular formula is C31H29F3N6. The first-order chi connectivity index (χ1) is 19.3. The number of halogens is 3. The molecule has 2 aliphatic heterocycles. The van der Waals surface area contributed by atoms with E-state index in [1.807, 2.05) is 60.0 Å². The minimum Gasteiger partial charge on any atom is -0.352 e. The molecule has 204 valence electrons. The number of likely N-dealkylation sites (tertiary alicyclic amines) is 1. The maximum absolute atomic E-state index is 13.3.